The van der Waals surface area contributed by atoms with Crippen LogP contribution in [0.25, 0.3) is 21.3 Å². The number of thiophene rings is 1. The number of fused-ring (bicyclic) bond motifs is 1. The molecule has 0 aliphatic heterocycles. The van der Waals surface area contributed by atoms with Crippen molar-refractivity contribution < 1.29 is 4.79 Å². The van der Waals surface area contributed by atoms with E-state index >= 15 is 0 Å². The maximum atomic E-state index is 12.7. The summed E-state index contributed by atoms with van der Waals surface area (Å²) in [7, 11) is 0. The number of carbonyl (C=O) groups is 1. The van der Waals surface area contributed by atoms with Crippen LogP contribution in [0.5, 0.6) is 0 Å². The highest BCUT2D eigenvalue weighted by molar-refractivity contribution is 7.14. The zero-order valence-electron chi connectivity index (χ0n) is 11.9. The van der Waals surface area contributed by atoms with Gasteiger partial charge >= 0.3 is 0 Å². The van der Waals surface area contributed by atoms with E-state index in [4.69, 9.17) is 0 Å². The number of carbonyl (C=O) groups excluding carboxylic acids is 1. The summed E-state index contributed by atoms with van der Waals surface area (Å²) in [5.41, 5.74) is 1.43. The van der Waals surface area contributed by atoms with E-state index in [-0.39, 0.29) is 5.91 Å². The number of nitrogens with zero attached hydrogens (tertiary/aromatic N) is 2. The van der Waals surface area contributed by atoms with E-state index in [9.17, 15) is 4.79 Å². The first-order chi connectivity index (χ1) is 11.3. The van der Waals surface area contributed by atoms with Gasteiger partial charge < -0.3 is 5.32 Å². The smallest absolute Gasteiger partial charge is 0.269 e. The number of hydrogen-bond donors (Lipinski definition) is 1. The molecule has 2 aromatic heterocycles. The van der Waals surface area contributed by atoms with Gasteiger partial charge in [0.05, 0.1) is 4.88 Å². The fourth-order valence-corrected chi connectivity index (χ4v) is 3.78. The minimum atomic E-state index is -0.181. The molecule has 1 N–H and O–H groups in total. The van der Waals surface area contributed by atoms with Crippen LogP contribution in [0.15, 0.2) is 60.0 Å². The van der Waals surface area contributed by atoms with Crippen LogP contribution in [-0.2, 0) is 0 Å². The predicted molar refractivity (Wildman–Crippen MR) is 95.1 cm³/mol. The zero-order chi connectivity index (χ0) is 15.6. The van der Waals surface area contributed by atoms with Gasteiger partial charge in [-0.25, -0.2) is 0 Å². The standard InChI is InChI=1S/C17H11N3OS2/c21-17(16-15(19-20-23-16)14-9-4-10-22-14)18-13-8-3-6-11-5-1-2-7-12(11)13/h1-10H,(H,18,21). The summed E-state index contributed by atoms with van der Waals surface area (Å²) in [5, 5.41) is 11.1. The lowest BCUT2D eigenvalue weighted by molar-refractivity contribution is 0.103. The van der Waals surface area contributed by atoms with Gasteiger partial charge in [0.1, 0.15) is 10.6 Å². The minimum Gasteiger partial charge on any atom is -0.321 e. The number of amides is 1. The van der Waals surface area contributed by atoms with Crippen molar-refractivity contribution in [3.63, 3.8) is 0 Å². The Morgan fingerprint density at radius 2 is 1.87 bits per heavy atom. The molecule has 0 radical (unpaired) electrons. The van der Waals surface area contributed by atoms with E-state index in [2.05, 4.69) is 14.9 Å². The van der Waals surface area contributed by atoms with Crippen molar-refractivity contribution in [3.8, 4) is 10.6 Å². The van der Waals surface area contributed by atoms with E-state index in [1.54, 1.807) is 11.3 Å². The lowest BCUT2D eigenvalue weighted by Crippen LogP contribution is -2.11. The van der Waals surface area contributed by atoms with E-state index in [1.807, 2.05) is 60.0 Å². The SMILES string of the molecule is O=C(Nc1cccc2ccccc12)c1snnc1-c1cccs1. The largest absolute Gasteiger partial charge is 0.321 e. The fraction of sp³-hybridized carbons (Fsp3) is 0. The first kappa shape index (κ1) is 14.0. The summed E-state index contributed by atoms with van der Waals surface area (Å²) < 4.78 is 3.94. The highest BCUT2D eigenvalue weighted by atomic mass is 32.1. The maximum absolute atomic E-state index is 12.7. The molecule has 6 heteroatoms. The van der Waals surface area contributed by atoms with Crippen LogP contribution in [0.1, 0.15) is 9.67 Å². The van der Waals surface area contributed by atoms with E-state index < -0.39 is 0 Å². The monoisotopic (exact) mass is 337 g/mol. The molecule has 0 bridgehead atoms. The highest BCUT2D eigenvalue weighted by Gasteiger charge is 2.19. The molecular weight excluding hydrogens is 326 g/mol. The topological polar surface area (TPSA) is 54.9 Å². The van der Waals surface area contributed by atoms with Gasteiger partial charge in [-0.3, -0.25) is 4.79 Å². The lowest BCUT2D eigenvalue weighted by atomic mass is 10.1. The molecular formula is C17H11N3OS2. The number of benzene rings is 2. The molecule has 0 saturated carbocycles. The molecule has 4 aromatic rings. The third-order valence-electron chi connectivity index (χ3n) is 3.49. The second kappa shape index (κ2) is 5.91. The van der Waals surface area contributed by atoms with Crippen LogP contribution in [0, 0.1) is 0 Å². The third kappa shape index (κ3) is 2.62. The summed E-state index contributed by atoms with van der Waals surface area (Å²) in [6.07, 6.45) is 0. The van der Waals surface area contributed by atoms with Gasteiger partial charge in [-0.2, -0.15) is 0 Å². The predicted octanol–water partition coefficient (Wildman–Crippen LogP) is 4.67. The molecule has 0 saturated heterocycles. The van der Waals surface area contributed by atoms with Crippen molar-refractivity contribution >= 4 is 45.2 Å². The molecule has 0 spiro atoms. The summed E-state index contributed by atoms with van der Waals surface area (Å²) in [6.45, 7) is 0. The summed E-state index contributed by atoms with van der Waals surface area (Å²) in [5.74, 6) is -0.181. The van der Waals surface area contributed by atoms with Crippen LogP contribution in [-0.4, -0.2) is 15.5 Å². The third-order valence-corrected chi connectivity index (χ3v) is 5.09. The van der Waals surface area contributed by atoms with Crippen LogP contribution < -0.4 is 5.32 Å². The fourth-order valence-electron chi connectivity index (χ4n) is 2.43. The van der Waals surface area contributed by atoms with Crippen molar-refractivity contribution in [1.29, 1.82) is 0 Å². The van der Waals surface area contributed by atoms with E-state index in [0.29, 0.717) is 10.6 Å². The van der Waals surface area contributed by atoms with Crippen molar-refractivity contribution in [2.24, 2.45) is 0 Å². The molecule has 0 aliphatic carbocycles. The second-order valence-electron chi connectivity index (χ2n) is 4.91. The van der Waals surface area contributed by atoms with Crippen LogP contribution >= 0.6 is 22.9 Å². The Kier molecular flexibility index (Phi) is 3.61. The molecule has 112 valence electrons. The first-order valence-electron chi connectivity index (χ1n) is 6.98. The molecule has 0 fully saturated rings. The Hall–Kier alpha value is -2.57. The second-order valence-corrected chi connectivity index (χ2v) is 6.61. The van der Waals surface area contributed by atoms with Crippen molar-refractivity contribution in [1.82, 2.24) is 9.59 Å². The number of anilines is 1. The van der Waals surface area contributed by atoms with Gasteiger partial charge in [0.25, 0.3) is 5.91 Å². The van der Waals surface area contributed by atoms with Crippen LogP contribution in [0.2, 0.25) is 0 Å². The maximum Gasteiger partial charge on any atom is 0.269 e. The average molecular weight is 337 g/mol. The van der Waals surface area contributed by atoms with Crippen molar-refractivity contribution in [2.45, 2.75) is 0 Å². The quantitative estimate of drug-likeness (QED) is 0.591. The van der Waals surface area contributed by atoms with Crippen molar-refractivity contribution in [2.75, 3.05) is 5.32 Å². The molecule has 4 nitrogen and oxygen atoms in total. The van der Waals surface area contributed by atoms with Gasteiger partial charge in [-0.05, 0) is 34.4 Å². The molecule has 2 aromatic carbocycles. The van der Waals surface area contributed by atoms with Gasteiger partial charge in [0.2, 0.25) is 0 Å². The van der Waals surface area contributed by atoms with Gasteiger partial charge in [0, 0.05) is 11.1 Å². The lowest BCUT2D eigenvalue weighted by Gasteiger charge is -2.08. The highest BCUT2D eigenvalue weighted by Crippen LogP contribution is 2.29. The normalized spacial score (nSPS) is 10.8. The average Bonchev–Trinajstić information content (AvgIpc) is 3.26. The number of hydrogen-bond acceptors (Lipinski definition) is 5. The summed E-state index contributed by atoms with van der Waals surface area (Å²) >= 11 is 2.66. The first-order valence-corrected chi connectivity index (χ1v) is 8.63. The van der Waals surface area contributed by atoms with Gasteiger partial charge in [-0.1, -0.05) is 47.0 Å². The Labute approximate surface area is 140 Å². The Bertz CT molecular complexity index is 971. The number of aromatic nitrogens is 2. The molecule has 1 amide bonds. The minimum absolute atomic E-state index is 0.181. The molecule has 2 heterocycles. The summed E-state index contributed by atoms with van der Waals surface area (Å²) in [6, 6.07) is 17.7. The number of nitrogens with one attached hydrogen (secondary N) is 1. The van der Waals surface area contributed by atoms with Gasteiger partial charge in [-0.15, -0.1) is 16.4 Å². The molecule has 0 aliphatic rings. The molecule has 0 atom stereocenters. The Morgan fingerprint density at radius 1 is 1.00 bits per heavy atom. The molecule has 4 rings (SSSR count). The molecule has 23 heavy (non-hydrogen) atoms. The number of rotatable bonds is 3. The Morgan fingerprint density at radius 3 is 2.74 bits per heavy atom. The van der Waals surface area contributed by atoms with E-state index in [0.717, 1.165) is 32.9 Å². The van der Waals surface area contributed by atoms with Crippen molar-refractivity contribution in [3.05, 3.63) is 64.9 Å². The van der Waals surface area contributed by atoms with E-state index in [1.165, 1.54) is 0 Å². The van der Waals surface area contributed by atoms with Gasteiger partial charge in [0.15, 0.2) is 0 Å². The Balaban J connectivity index is 1.70. The molecule has 0 unspecified atom stereocenters. The van der Waals surface area contributed by atoms with Crippen LogP contribution in [0.3, 0.4) is 0 Å². The van der Waals surface area contributed by atoms with Crippen LogP contribution in [0.4, 0.5) is 5.69 Å². The zero-order valence-corrected chi connectivity index (χ0v) is 13.5. The summed E-state index contributed by atoms with van der Waals surface area (Å²) in [4.78, 5) is 14.1.